The number of rotatable bonds is 5. The Morgan fingerprint density at radius 3 is 2.90 bits per heavy atom. The zero-order valence-corrected chi connectivity index (χ0v) is 6.55. The third kappa shape index (κ3) is 5.54. The molecule has 58 valence electrons. The molecular weight excluding hydrogens is 128 g/mol. The highest BCUT2D eigenvalue weighted by atomic mass is 16.5. The molecule has 1 unspecified atom stereocenters. The van der Waals surface area contributed by atoms with E-state index < -0.39 is 0 Å². The number of nitrogens with zero attached hydrogens (tertiary/aromatic N) is 1. The molecular formula is C7H14N2O. The molecule has 0 bridgehead atoms. The van der Waals surface area contributed by atoms with Gasteiger partial charge in [-0.05, 0) is 13.5 Å². The van der Waals surface area contributed by atoms with Crippen LogP contribution in [0.3, 0.4) is 0 Å². The summed E-state index contributed by atoms with van der Waals surface area (Å²) in [6.07, 6.45) is -0.279. The fourth-order valence-corrected chi connectivity index (χ4v) is 0.522. The van der Waals surface area contributed by atoms with Crippen molar-refractivity contribution in [2.45, 2.75) is 20.0 Å². The Labute approximate surface area is 62.0 Å². The van der Waals surface area contributed by atoms with E-state index in [1.807, 2.05) is 13.0 Å². The molecule has 0 fully saturated rings. The summed E-state index contributed by atoms with van der Waals surface area (Å²) in [7, 11) is 0. The van der Waals surface area contributed by atoms with Crippen LogP contribution in [0.4, 0.5) is 0 Å². The smallest absolute Gasteiger partial charge is 0.141 e. The van der Waals surface area contributed by atoms with Crippen molar-refractivity contribution in [1.29, 1.82) is 5.26 Å². The standard InChI is InChI=1S/C7H14N2O/c1-3-9-4-5-10-7(2)6-8/h7,9H,3-5H2,1-2H3. The highest BCUT2D eigenvalue weighted by Crippen LogP contribution is 1.84. The number of ether oxygens (including phenoxy) is 1. The van der Waals surface area contributed by atoms with E-state index in [2.05, 4.69) is 5.32 Å². The van der Waals surface area contributed by atoms with Gasteiger partial charge in [0.25, 0.3) is 0 Å². The predicted octanol–water partition coefficient (Wildman–Crippen LogP) is 0.525. The largest absolute Gasteiger partial charge is 0.362 e. The second-order valence-electron chi connectivity index (χ2n) is 2.00. The summed E-state index contributed by atoms with van der Waals surface area (Å²) in [5.74, 6) is 0. The fraction of sp³-hybridized carbons (Fsp3) is 0.857. The van der Waals surface area contributed by atoms with Crippen molar-refractivity contribution in [1.82, 2.24) is 5.32 Å². The van der Waals surface area contributed by atoms with Crippen molar-refractivity contribution in [3.63, 3.8) is 0 Å². The second kappa shape index (κ2) is 6.53. The second-order valence-corrected chi connectivity index (χ2v) is 2.00. The van der Waals surface area contributed by atoms with E-state index in [1.54, 1.807) is 6.92 Å². The van der Waals surface area contributed by atoms with Crippen molar-refractivity contribution >= 4 is 0 Å². The third-order valence-electron chi connectivity index (χ3n) is 1.08. The Morgan fingerprint density at radius 1 is 1.70 bits per heavy atom. The van der Waals surface area contributed by atoms with Gasteiger partial charge in [0.05, 0.1) is 12.7 Å². The molecule has 0 radical (unpaired) electrons. The molecule has 10 heavy (non-hydrogen) atoms. The molecule has 0 aromatic carbocycles. The maximum Gasteiger partial charge on any atom is 0.141 e. The van der Waals surface area contributed by atoms with Crippen LogP contribution in [-0.4, -0.2) is 25.8 Å². The zero-order chi connectivity index (χ0) is 7.82. The van der Waals surface area contributed by atoms with Crippen LogP contribution in [0, 0.1) is 11.3 Å². The number of hydrogen-bond acceptors (Lipinski definition) is 3. The summed E-state index contributed by atoms with van der Waals surface area (Å²) < 4.78 is 5.07. The maximum absolute atomic E-state index is 8.30. The fourth-order valence-electron chi connectivity index (χ4n) is 0.522. The molecule has 0 aromatic heterocycles. The van der Waals surface area contributed by atoms with Gasteiger partial charge in [-0.3, -0.25) is 0 Å². The first-order chi connectivity index (χ1) is 4.81. The Balaban J connectivity index is 2.98. The lowest BCUT2D eigenvalue weighted by Gasteiger charge is -2.04. The van der Waals surface area contributed by atoms with Gasteiger partial charge < -0.3 is 10.1 Å². The van der Waals surface area contributed by atoms with E-state index in [9.17, 15) is 0 Å². The molecule has 0 aliphatic carbocycles. The number of hydrogen-bond donors (Lipinski definition) is 1. The molecule has 0 heterocycles. The van der Waals surface area contributed by atoms with Crippen LogP contribution >= 0.6 is 0 Å². The first kappa shape index (κ1) is 9.41. The van der Waals surface area contributed by atoms with Crippen molar-refractivity contribution in [3.05, 3.63) is 0 Å². The minimum atomic E-state index is -0.279. The molecule has 3 heteroatoms. The molecule has 0 aliphatic heterocycles. The van der Waals surface area contributed by atoms with Gasteiger partial charge in [0, 0.05) is 6.54 Å². The Morgan fingerprint density at radius 2 is 2.40 bits per heavy atom. The van der Waals surface area contributed by atoms with Crippen molar-refractivity contribution in [2.75, 3.05) is 19.7 Å². The monoisotopic (exact) mass is 142 g/mol. The van der Waals surface area contributed by atoms with Gasteiger partial charge in [0.1, 0.15) is 6.10 Å². The normalized spacial score (nSPS) is 12.5. The predicted molar refractivity (Wildman–Crippen MR) is 39.6 cm³/mol. The lowest BCUT2D eigenvalue weighted by atomic mass is 10.4. The Kier molecular flexibility index (Phi) is 6.14. The molecule has 3 nitrogen and oxygen atoms in total. The van der Waals surface area contributed by atoms with E-state index in [1.165, 1.54) is 0 Å². The number of nitriles is 1. The van der Waals surface area contributed by atoms with E-state index in [0.29, 0.717) is 6.61 Å². The van der Waals surface area contributed by atoms with Crippen LogP contribution in [-0.2, 0) is 4.74 Å². The van der Waals surface area contributed by atoms with Crippen LogP contribution in [0.1, 0.15) is 13.8 Å². The van der Waals surface area contributed by atoms with Gasteiger partial charge in [-0.25, -0.2) is 0 Å². The average Bonchev–Trinajstić information content (AvgIpc) is 1.98. The van der Waals surface area contributed by atoms with E-state index in [0.717, 1.165) is 13.1 Å². The summed E-state index contributed by atoms with van der Waals surface area (Å²) in [4.78, 5) is 0. The number of nitrogens with one attached hydrogen (secondary N) is 1. The minimum Gasteiger partial charge on any atom is -0.362 e. The van der Waals surface area contributed by atoms with Gasteiger partial charge in [-0.15, -0.1) is 0 Å². The topological polar surface area (TPSA) is 45.0 Å². The third-order valence-corrected chi connectivity index (χ3v) is 1.08. The van der Waals surface area contributed by atoms with Crippen LogP contribution < -0.4 is 5.32 Å². The van der Waals surface area contributed by atoms with Crippen LogP contribution in [0.25, 0.3) is 0 Å². The minimum absolute atomic E-state index is 0.279. The highest BCUT2D eigenvalue weighted by Gasteiger charge is 1.95. The molecule has 1 N–H and O–H groups in total. The van der Waals surface area contributed by atoms with Crippen LogP contribution in [0.15, 0.2) is 0 Å². The molecule has 1 atom stereocenters. The summed E-state index contributed by atoms with van der Waals surface area (Å²) in [5.41, 5.74) is 0. The van der Waals surface area contributed by atoms with Gasteiger partial charge >= 0.3 is 0 Å². The lowest BCUT2D eigenvalue weighted by molar-refractivity contribution is 0.104. The first-order valence-electron chi connectivity index (χ1n) is 3.53. The van der Waals surface area contributed by atoms with E-state index >= 15 is 0 Å². The molecule has 0 saturated carbocycles. The van der Waals surface area contributed by atoms with Gasteiger partial charge in [0.2, 0.25) is 0 Å². The summed E-state index contributed by atoms with van der Waals surface area (Å²) in [5, 5.41) is 11.4. The molecule has 0 saturated heterocycles. The van der Waals surface area contributed by atoms with E-state index in [-0.39, 0.29) is 6.10 Å². The summed E-state index contributed by atoms with van der Waals surface area (Å²) in [6.45, 7) is 6.16. The van der Waals surface area contributed by atoms with E-state index in [4.69, 9.17) is 10.00 Å². The average molecular weight is 142 g/mol. The van der Waals surface area contributed by atoms with Gasteiger partial charge in [-0.2, -0.15) is 5.26 Å². The lowest BCUT2D eigenvalue weighted by Crippen LogP contribution is -2.21. The number of likely N-dealkylation sites (N-methyl/N-ethyl adjacent to an activating group) is 1. The van der Waals surface area contributed by atoms with Crippen molar-refractivity contribution in [2.24, 2.45) is 0 Å². The molecule has 0 spiro atoms. The van der Waals surface area contributed by atoms with Gasteiger partial charge in [0.15, 0.2) is 0 Å². The Bertz CT molecular complexity index is 109. The molecule has 0 aliphatic rings. The highest BCUT2D eigenvalue weighted by molar-refractivity contribution is 4.78. The van der Waals surface area contributed by atoms with Gasteiger partial charge in [-0.1, -0.05) is 6.92 Å². The van der Waals surface area contributed by atoms with Crippen molar-refractivity contribution < 1.29 is 4.74 Å². The molecule has 0 rings (SSSR count). The first-order valence-corrected chi connectivity index (χ1v) is 3.53. The van der Waals surface area contributed by atoms with Crippen molar-refractivity contribution in [3.8, 4) is 6.07 Å². The summed E-state index contributed by atoms with van der Waals surface area (Å²) in [6, 6.07) is 1.99. The molecule has 0 amide bonds. The maximum atomic E-state index is 8.30. The zero-order valence-electron chi connectivity index (χ0n) is 6.55. The summed E-state index contributed by atoms with van der Waals surface area (Å²) >= 11 is 0. The molecule has 0 aromatic rings. The SMILES string of the molecule is CCNCCOC(C)C#N. The van der Waals surface area contributed by atoms with Crippen LogP contribution in [0.2, 0.25) is 0 Å². The Hall–Kier alpha value is -0.590. The quantitative estimate of drug-likeness (QED) is 0.569. The van der Waals surface area contributed by atoms with Crippen LogP contribution in [0.5, 0.6) is 0 Å².